The van der Waals surface area contributed by atoms with Gasteiger partial charge in [-0.3, -0.25) is 9.89 Å². The summed E-state index contributed by atoms with van der Waals surface area (Å²) in [4.78, 5) is 7.38. The zero-order valence-electron chi connectivity index (χ0n) is 19.2. The normalized spacial score (nSPS) is 15.8. The number of hydrogen-bond donors (Lipinski definition) is 2. The molecule has 1 atom stereocenters. The van der Waals surface area contributed by atoms with Crippen LogP contribution in [-0.4, -0.2) is 63.4 Å². The van der Waals surface area contributed by atoms with Gasteiger partial charge in [0, 0.05) is 32.8 Å². The number of aliphatic imine (C=N–C) groups is 1. The zero-order valence-corrected chi connectivity index (χ0v) is 21.5. The second kappa shape index (κ2) is 15.3. The number of aryl methyl sites for hydroxylation is 1. The van der Waals surface area contributed by atoms with E-state index in [-0.39, 0.29) is 30.0 Å². The third kappa shape index (κ3) is 9.09. The van der Waals surface area contributed by atoms with Gasteiger partial charge in [-0.2, -0.15) is 0 Å². The molecule has 178 valence electrons. The molecule has 2 N–H and O–H groups in total. The summed E-state index contributed by atoms with van der Waals surface area (Å²) in [6.45, 7) is 11.2. The number of ether oxygens (including phenoxy) is 2. The Kier molecular flexibility index (Phi) is 12.7. The van der Waals surface area contributed by atoms with E-state index in [4.69, 9.17) is 18.9 Å². The largest absolute Gasteiger partial charge is 0.467 e. The lowest BCUT2D eigenvalue weighted by molar-refractivity contribution is 0.0179. The molecule has 0 radical (unpaired) electrons. The summed E-state index contributed by atoms with van der Waals surface area (Å²) >= 11 is 0. The highest BCUT2D eigenvalue weighted by molar-refractivity contribution is 14.0. The van der Waals surface area contributed by atoms with Crippen molar-refractivity contribution < 1.29 is 13.9 Å². The van der Waals surface area contributed by atoms with Crippen LogP contribution in [0.1, 0.15) is 36.3 Å². The topological polar surface area (TPSA) is 71.3 Å². The Morgan fingerprint density at radius 1 is 1.16 bits per heavy atom. The van der Waals surface area contributed by atoms with Crippen molar-refractivity contribution >= 4 is 29.9 Å². The summed E-state index contributed by atoms with van der Waals surface area (Å²) in [5.74, 6) is 1.70. The van der Waals surface area contributed by atoms with Crippen LogP contribution in [0, 0.1) is 6.92 Å². The second-order valence-corrected chi connectivity index (χ2v) is 7.71. The minimum absolute atomic E-state index is 0. The fraction of sp³-hybridized carbons (Fsp3) is 0.542. The molecule has 1 unspecified atom stereocenters. The van der Waals surface area contributed by atoms with Gasteiger partial charge in [0.2, 0.25) is 0 Å². The number of morpholine rings is 1. The van der Waals surface area contributed by atoms with Crippen molar-refractivity contribution in [2.75, 3.05) is 52.5 Å². The quantitative estimate of drug-likeness (QED) is 0.190. The molecule has 1 fully saturated rings. The number of benzene rings is 1. The van der Waals surface area contributed by atoms with Crippen LogP contribution in [0.25, 0.3) is 0 Å². The number of nitrogens with one attached hydrogen (secondary N) is 2. The van der Waals surface area contributed by atoms with E-state index in [2.05, 4.69) is 53.6 Å². The van der Waals surface area contributed by atoms with Gasteiger partial charge >= 0.3 is 0 Å². The van der Waals surface area contributed by atoms with Crippen molar-refractivity contribution in [3.8, 4) is 0 Å². The minimum atomic E-state index is 0. The zero-order chi connectivity index (χ0) is 21.7. The number of nitrogens with zero attached hydrogens (tertiary/aromatic N) is 2. The molecule has 0 aliphatic carbocycles. The van der Waals surface area contributed by atoms with Crippen LogP contribution in [-0.2, 0) is 16.1 Å². The molecule has 1 aromatic carbocycles. The lowest BCUT2D eigenvalue weighted by Crippen LogP contribution is -2.42. The molecular weight excluding hydrogens is 519 g/mol. The Labute approximate surface area is 209 Å². The predicted octanol–water partition coefficient (Wildman–Crippen LogP) is 3.74. The third-order valence-corrected chi connectivity index (χ3v) is 5.30. The first-order valence-corrected chi connectivity index (χ1v) is 11.3. The third-order valence-electron chi connectivity index (χ3n) is 5.30. The predicted molar refractivity (Wildman–Crippen MR) is 139 cm³/mol. The fourth-order valence-electron chi connectivity index (χ4n) is 3.58. The van der Waals surface area contributed by atoms with Crippen LogP contribution in [0.2, 0.25) is 0 Å². The standard InChI is InChI=1S/C24H36N4O3.HI/c1-3-25-24(26-11-5-14-30-19-22-6-4-15-31-22)27-18-23(28-12-16-29-17-13-28)21-9-7-20(2)8-10-21;/h4,6-10,15,23H,3,5,11-14,16-19H2,1-2H3,(H2,25,26,27);1H. The number of furan rings is 1. The van der Waals surface area contributed by atoms with Gasteiger partial charge in [0.05, 0.1) is 32.1 Å². The van der Waals surface area contributed by atoms with Crippen molar-refractivity contribution in [1.29, 1.82) is 0 Å². The summed E-state index contributed by atoms with van der Waals surface area (Å²) in [5.41, 5.74) is 2.58. The summed E-state index contributed by atoms with van der Waals surface area (Å²) in [6, 6.07) is 12.9. The van der Waals surface area contributed by atoms with Crippen molar-refractivity contribution in [2.24, 2.45) is 4.99 Å². The average molecular weight is 556 g/mol. The van der Waals surface area contributed by atoms with Crippen LogP contribution in [0.5, 0.6) is 0 Å². The van der Waals surface area contributed by atoms with Crippen molar-refractivity contribution in [2.45, 2.75) is 32.9 Å². The highest BCUT2D eigenvalue weighted by atomic mass is 127. The van der Waals surface area contributed by atoms with Crippen LogP contribution >= 0.6 is 24.0 Å². The van der Waals surface area contributed by atoms with Crippen molar-refractivity contribution in [1.82, 2.24) is 15.5 Å². The Morgan fingerprint density at radius 3 is 2.62 bits per heavy atom. The summed E-state index contributed by atoms with van der Waals surface area (Å²) < 4.78 is 16.5. The molecule has 7 nitrogen and oxygen atoms in total. The fourth-order valence-corrected chi connectivity index (χ4v) is 3.58. The summed E-state index contributed by atoms with van der Waals surface area (Å²) in [6.07, 6.45) is 2.57. The van der Waals surface area contributed by atoms with Gasteiger partial charge in [0.1, 0.15) is 12.4 Å². The molecular formula is C24H37IN4O3. The molecule has 0 saturated carbocycles. The maximum atomic E-state index is 5.65. The molecule has 1 aliphatic rings. The monoisotopic (exact) mass is 556 g/mol. The van der Waals surface area contributed by atoms with E-state index in [0.717, 1.165) is 57.5 Å². The van der Waals surface area contributed by atoms with E-state index in [0.29, 0.717) is 19.8 Å². The maximum Gasteiger partial charge on any atom is 0.191 e. The number of guanidine groups is 1. The molecule has 32 heavy (non-hydrogen) atoms. The van der Waals surface area contributed by atoms with E-state index in [9.17, 15) is 0 Å². The van der Waals surface area contributed by atoms with Crippen molar-refractivity contribution in [3.05, 3.63) is 59.5 Å². The number of halogens is 1. The molecule has 1 saturated heterocycles. The smallest absolute Gasteiger partial charge is 0.191 e. The highest BCUT2D eigenvalue weighted by Gasteiger charge is 2.22. The first kappa shape index (κ1) is 26.6. The van der Waals surface area contributed by atoms with Gasteiger partial charge in [0.15, 0.2) is 5.96 Å². The lowest BCUT2D eigenvalue weighted by atomic mass is 10.0. The van der Waals surface area contributed by atoms with E-state index in [1.807, 2.05) is 12.1 Å². The molecule has 3 rings (SSSR count). The Morgan fingerprint density at radius 2 is 1.94 bits per heavy atom. The second-order valence-electron chi connectivity index (χ2n) is 7.71. The average Bonchev–Trinajstić information content (AvgIpc) is 3.31. The van der Waals surface area contributed by atoms with Crippen LogP contribution < -0.4 is 10.6 Å². The van der Waals surface area contributed by atoms with Crippen LogP contribution in [0.4, 0.5) is 0 Å². The summed E-state index contributed by atoms with van der Waals surface area (Å²) in [7, 11) is 0. The molecule has 0 bridgehead atoms. The first-order valence-electron chi connectivity index (χ1n) is 11.3. The Hall–Kier alpha value is -1.62. The van der Waals surface area contributed by atoms with Gasteiger partial charge in [-0.1, -0.05) is 29.8 Å². The molecule has 8 heteroatoms. The maximum absolute atomic E-state index is 5.65. The summed E-state index contributed by atoms with van der Waals surface area (Å²) in [5, 5.41) is 6.78. The molecule has 0 spiro atoms. The van der Waals surface area contributed by atoms with Crippen LogP contribution in [0.15, 0.2) is 52.1 Å². The minimum Gasteiger partial charge on any atom is -0.467 e. The van der Waals surface area contributed by atoms with Gasteiger partial charge < -0.3 is 24.5 Å². The first-order chi connectivity index (χ1) is 15.3. The van der Waals surface area contributed by atoms with E-state index in [1.54, 1.807) is 6.26 Å². The molecule has 0 amide bonds. The SMILES string of the molecule is CCNC(=NCC(c1ccc(C)cc1)N1CCOCC1)NCCCOCc1ccco1.I. The highest BCUT2D eigenvalue weighted by Crippen LogP contribution is 2.22. The molecule has 2 aromatic rings. The van der Waals surface area contributed by atoms with E-state index >= 15 is 0 Å². The van der Waals surface area contributed by atoms with E-state index < -0.39 is 0 Å². The number of rotatable bonds is 11. The van der Waals surface area contributed by atoms with E-state index in [1.165, 1.54) is 11.1 Å². The molecule has 1 aliphatic heterocycles. The van der Waals surface area contributed by atoms with Crippen LogP contribution in [0.3, 0.4) is 0 Å². The Bertz CT molecular complexity index is 762. The number of hydrogen-bond acceptors (Lipinski definition) is 5. The van der Waals surface area contributed by atoms with Gasteiger partial charge in [-0.15, -0.1) is 24.0 Å². The van der Waals surface area contributed by atoms with Crippen molar-refractivity contribution in [3.63, 3.8) is 0 Å². The van der Waals surface area contributed by atoms with Gasteiger partial charge in [-0.25, -0.2) is 0 Å². The van der Waals surface area contributed by atoms with Gasteiger partial charge in [0.25, 0.3) is 0 Å². The lowest BCUT2D eigenvalue weighted by Gasteiger charge is -2.34. The molecule has 1 aromatic heterocycles. The Balaban J connectivity index is 0.00000363. The van der Waals surface area contributed by atoms with Gasteiger partial charge in [-0.05, 0) is 38.0 Å². The molecule has 2 heterocycles.